The first-order chi connectivity index (χ1) is 10.5. The van der Waals surface area contributed by atoms with Gasteiger partial charge in [0.25, 0.3) is 5.91 Å². The van der Waals surface area contributed by atoms with Gasteiger partial charge in [0.1, 0.15) is 11.6 Å². The van der Waals surface area contributed by atoms with Gasteiger partial charge in [-0.1, -0.05) is 11.6 Å². The van der Waals surface area contributed by atoms with Gasteiger partial charge in [0.2, 0.25) is 0 Å². The molecule has 122 valence electrons. The third-order valence-electron chi connectivity index (χ3n) is 3.74. The fourth-order valence-electron chi connectivity index (χ4n) is 2.48. The lowest BCUT2D eigenvalue weighted by atomic mass is 10.1. The van der Waals surface area contributed by atoms with Crippen molar-refractivity contribution in [2.24, 2.45) is 5.92 Å². The Kier molecular flexibility index (Phi) is 6.03. The Bertz CT molecular complexity index is 520. The van der Waals surface area contributed by atoms with Crippen molar-refractivity contribution in [3.63, 3.8) is 0 Å². The molecule has 1 aliphatic rings. The van der Waals surface area contributed by atoms with Gasteiger partial charge in [0.05, 0.1) is 11.6 Å². The van der Waals surface area contributed by atoms with Crippen LogP contribution < -0.4 is 4.74 Å². The van der Waals surface area contributed by atoms with Gasteiger partial charge in [0.15, 0.2) is 6.10 Å². The monoisotopic (exact) mass is 329 g/mol. The summed E-state index contributed by atoms with van der Waals surface area (Å²) in [5.74, 6) is 0.150. The van der Waals surface area contributed by atoms with Crippen LogP contribution in [0.2, 0.25) is 5.02 Å². The van der Waals surface area contributed by atoms with Crippen LogP contribution in [0.4, 0.5) is 4.39 Å². The molecule has 1 saturated heterocycles. The van der Waals surface area contributed by atoms with Gasteiger partial charge in [-0.05, 0) is 38.5 Å². The summed E-state index contributed by atoms with van der Waals surface area (Å²) in [5, 5.41) is 0.159. The first-order valence-electron chi connectivity index (χ1n) is 7.49. The van der Waals surface area contributed by atoms with Crippen LogP contribution in [-0.4, -0.2) is 43.2 Å². The Morgan fingerprint density at radius 1 is 1.59 bits per heavy atom. The topological polar surface area (TPSA) is 38.8 Å². The smallest absolute Gasteiger partial charge is 0.263 e. The molecule has 0 saturated carbocycles. The second-order valence-electron chi connectivity index (χ2n) is 5.44. The molecule has 2 unspecified atom stereocenters. The van der Waals surface area contributed by atoms with E-state index in [1.807, 2.05) is 6.92 Å². The Morgan fingerprint density at radius 2 is 2.36 bits per heavy atom. The van der Waals surface area contributed by atoms with E-state index in [4.69, 9.17) is 21.1 Å². The summed E-state index contributed by atoms with van der Waals surface area (Å²) in [6.07, 6.45) is 0.299. The molecule has 2 atom stereocenters. The van der Waals surface area contributed by atoms with E-state index in [-0.39, 0.29) is 10.9 Å². The molecule has 6 heteroatoms. The predicted molar refractivity (Wildman–Crippen MR) is 82.7 cm³/mol. The Labute approximate surface area is 135 Å². The van der Waals surface area contributed by atoms with Crippen LogP contribution in [0.15, 0.2) is 18.2 Å². The molecule has 0 bridgehead atoms. The van der Waals surface area contributed by atoms with Crippen LogP contribution in [-0.2, 0) is 9.53 Å². The quantitative estimate of drug-likeness (QED) is 0.805. The van der Waals surface area contributed by atoms with Gasteiger partial charge in [-0.2, -0.15) is 0 Å². The van der Waals surface area contributed by atoms with E-state index in [9.17, 15) is 9.18 Å². The molecule has 0 aromatic heterocycles. The Balaban J connectivity index is 1.96. The highest BCUT2D eigenvalue weighted by Gasteiger charge is 2.26. The number of rotatable bonds is 6. The molecule has 0 aliphatic carbocycles. The van der Waals surface area contributed by atoms with Gasteiger partial charge in [-0.3, -0.25) is 4.79 Å². The standard InChI is InChI=1S/C16H21ClFNO3/c1-3-19(9-12-6-7-21-10-12)16(20)11(2)22-15-5-4-13(18)8-14(15)17/h4-5,8,11-12H,3,6-7,9-10H2,1-2H3. The van der Waals surface area contributed by atoms with E-state index in [1.165, 1.54) is 18.2 Å². The van der Waals surface area contributed by atoms with Gasteiger partial charge in [-0.25, -0.2) is 4.39 Å². The van der Waals surface area contributed by atoms with Crippen molar-refractivity contribution in [1.29, 1.82) is 0 Å². The molecule has 0 spiro atoms. The maximum Gasteiger partial charge on any atom is 0.263 e. The maximum absolute atomic E-state index is 13.0. The van der Waals surface area contributed by atoms with Crippen molar-refractivity contribution in [3.05, 3.63) is 29.0 Å². The summed E-state index contributed by atoms with van der Waals surface area (Å²) in [4.78, 5) is 14.3. The number of hydrogen-bond donors (Lipinski definition) is 0. The molecule has 1 aliphatic heterocycles. The van der Waals surface area contributed by atoms with Crippen molar-refractivity contribution < 1.29 is 18.7 Å². The summed E-state index contributed by atoms with van der Waals surface area (Å²) in [7, 11) is 0. The SMILES string of the molecule is CCN(CC1CCOC1)C(=O)C(C)Oc1ccc(F)cc1Cl. The zero-order valence-corrected chi connectivity index (χ0v) is 13.6. The van der Waals surface area contributed by atoms with Crippen LogP contribution >= 0.6 is 11.6 Å². The van der Waals surface area contributed by atoms with Crippen LogP contribution in [0.3, 0.4) is 0 Å². The van der Waals surface area contributed by atoms with E-state index in [0.29, 0.717) is 31.4 Å². The second-order valence-corrected chi connectivity index (χ2v) is 5.85. The summed E-state index contributed by atoms with van der Waals surface area (Å²) in [5.41, 5.74) is 0. The number of halogens is 2. The Hall–Kier alpha value is -1.33. The molecule has 1 aromatic rings. The fourth-order valence-corrected chi connectivity index (χ4v) is 2.69. The molecule has 4 nitrogen and oxygen atoms in total. The highest BCUT2D eigenvalue weighted by atomic mass is 35.5. The molecular formula is C16H21ClFNO3. The van der Waals surface area contributed by atoms with Crippen LogP contribution in [0.1, 0.15) is 20.3 Å². The lowest BCUT2D eigenvalue weighted by Gasteiger charge is -2.27. The molecule has 1 heterocycles. The first-order valence-corrected chi connectivity index (χ1v) is 7.87. The predicted octanol–water partition coefficient (Wildman–Crippen LogP) is 3.13. The number of amides is 1. The number of carbonyl (C=O) groups excluding carboxylic acids is 1. The molecule has 1 fully saturated rings. The van der Waals surface area contributed by atoms with Gasteiger partial charge < -0.3 is 14.4 Å². The number of ether oxygens (including phenoxy) is 2. The van der Waals surface area contributed by atoms with Crippen molar-refractivity contribution in [2.75, 3.05) is 26.3 Å². The van der Waals surface area contributed by atoms with Gasteiger partial charge in [0, 0.05) is 25.6 Å². The summed E-state index contributed by atoms with van der Waals surface area (Å²) >= 11 is 5.92. The molecule has 0 radical (unpaired) electrons. The molecule has 1 amide bonds. The minimum atomic E-state index is -0.676. The number of carbonyl (C=O) groups is 1. The normalized spacial score (nSPS) is 19.0. The highest BCUT2D eigenvalue weighted by Crippen LogP contribution is 2.26. The molecule has 22 heavy (non-hydrogen) atoms. The molecule has 0 N–H and O–H groups in total. The van der Waals surface area contributed by atoms with Crippen molar-refractivity contribution in [1.82, 2.24) is 4.90 Å². The van der Waals surface area contributed by atoms with Crippen LogP contribution in [0.25, 0.3) is 0 Å². The minimum absolute atomic E-state index is 0.102. The minimum Gasteiger partial charge on any atom is -0.479 e. The number of benzene rings is 1. The third kappa shape index (κ3) is 4.34. The van der Waals surface area contributed by atoms with Crippen molar-refractivity contribution in [2.45, 2.75) is 26.4 Å². The molecule has 2 rings (SSSR count). The first kappa shape index (κ1) is 17.0. The van der Waals surface area contributed by atoms with Crippen LogP contribution in [0.5, 0.6) is 5.75 Å². The lowest BCUT2D eigenvalue weighted by molar-refractivity contribution is -0.138. The largest absolute Gasteiger partial charge is 0.479 e. The van der Waals surface area contributed by atoms with E-state index in [1.54, 1.807) is 11.8 Å². The second kappa shape index (κ2) is 7.79. The third-order valence-corrected chi connectivity index (χ3v) is 4.04. The lowest BCUT2D eigenvalue weighted by Crippen LogP contribution is -2.43. The zero-order valence-electron chi connectivity index (χ0n) is 12.9. The van der Waals surface area contributed by atoms with Crippen molar-refractivity contribution in [3.8, 4) is 5.75 Å². The average Bonchev–Trinajstić information content (AvgIpc) is 3.00. The van der Waals surface area contributed by atoms with Crippen molar-refractivity contribution >= 4 is 17.5 Å². The van der Waals surface area contributed by atoms with E-state index in [0.717, 1.165) is 13.0 Å². The van der Waals surface area contributed by atoms with Crippen LogP contribution in [0, 0.1) is 11.7 Å². The van der Waals surface area contributed by atoms with E-state index >= 15 is 0 Å². The number of hydrogen-bond acceptors (Lipinski definition) is 3. The number of nitrogens with zero attached hydrogens (tertiary/aromatic N) is 1. The summed E-state index contributed by atoms with van der Waals surface area (Å²) < 4.78 is 24.0. The Morgan fingerprint density at radius 3 is 2.95 bits per heavy atom. The molecule has 1 aromatic carbocycles. The van der Waals surface area contributed by atoms with E-state index in [2.05, 4.69) is 0 Å². The fraction of sp³-hybridized carbons (Fsp3) is 0.562. The maximum atomic E-state index is 13.0. The zero-order chi connectivity index (χ0) is 16.1. The average molecular weight is 330 g/mol. The summed E-state index contributed by atoms with van der Waals surface area (Å²) in [6.45, 7) is 6.35. The highest BCUT2D eigenvalue weighted by molar-refractivity contribution is 6.32. The summed E-state index contributed by atoms with van der Waals surface area (Å²) in [6, 6.07) is 3.86. The molecular weight excluding hydrogens is 309 g/mol. The van der Waals surface area contributed by atoms with E-state index < -0.39 is 11.9 Å². The van der Waals surface area contributed by atoms with Gasteiger partial charge >= 0.3 is 0 Å². The number of likely N-dealkylation sites (N-methyl/N-ethyl adjacent to an activating group) is 1. The van der Waals surface area contributed by atoms with Gasteiger partial charge in [-0.15, -0.1) is 0 Å².